The molecule has 1 saturated carbocycles. The first-order chi connectivity index (χ1) is 10.2. The quantitative estimate of drug-likeness (QED) is 0.599. The molecule has 4 heteroatoms. The van der Waals surface area contributed by atoms with Gasteiger partial charge in [-0.3, -0.25) is 4.99 Å². The lowest BCUT2D eigenvalue weighted by Crippen LogP contribution is -2.39. The molecule has 1 aromatic carbocycles. The molecule has 0 saturated heterocycles. The average molecular weight is 288 g/mol. The largest absolute Gasteiger partial charge is 0.370 e. The number of hydrogen-bond acceptors (Lipinski definition) is 2. The van der Waals surface area contributed by atoms with Crippen LogP contribution in [0.1, 0.15) is 31.7 Å². The maximum absolute atomic E-state index is 5.92. The van der Waals surface area contributed by atoms with Crippen molar-refractivity contribution in [3.63, 3.8) is 0 Å². The Labute approximate surface area is 128 Å². The van der Waals surface area contributed by atoms with E-state index in [1.54, 1.807) is 0 Å². The minimum atomic E-state index is 0.586. The highest BCUT2D eigenvalue weighted by molar-refractivity contribution is 5.77. The topological polar surface area (TPSA) is 53.6 Å². The molecule has 3 N–H and O–H groups in total. The molecule has 1 aromatic rings. The zero-order valence-corrected chi connectivity index (χ0v) is 13.3. The molecular weight excluding hydrogens is 260 g/mol. The van der Waals surface area contributed by atoms with Crippen LogP contribution in [0.25, 0.3) is 0 Å². The van der Waals surface area contributed by atoms with Crippen LogP contribution in [0.4, 0.5) is 5.69 Å². The van der Waals surface area contributed by atoms with Crippen molar-refractivity contribution >= 4 is 11.6 Å². The molecule has 0 aromatic heterocycles. The summed E-state index contributed by atoms with van der Waals surface area (Å²) in [4.78, 5) is 6.79. The third kappa shape index (κ3) is 4.66. The molecule has 0 atom stereocenters. The van der Waals surface area contributed by atoms with Crippen LogP contribution in [-0.2, 0) is 0 Å². The fourth-order valence-electron chi connectivity index (χ4n) is 2.64. The first kappa shape index (κ1) is 15.7. The maximum Gasteiger partial charge on any atom is 0.188 e. The fourth-order valence-corrected chi connectivity index (χ4v) is 2.64. The van der Waals surface area contributed by atoms with Crippen LogP contribution >= 0.6 is 0 Å². The van der Waals surface area contributed by atoms with Gasteiger partial charge in [-0.15, -0.1) is 0 Å². The Hall–Kier alpha value is -1.71. The standard InChI is InChI=1S/C17H28N4/c1-3-21(16-10-5-4-7-14(16)2)12-11-19-17(18)20-13-15-8-6-9-15/h4-5,7,10,15H,3,6,8-9,11-13H2,1-2H3,(H3,18,19,20). The van der Waals surface area contributed by atoms with E-state index < -0.39 is 0 Å². The lowest BCUT2D eigenvalue weighted by molar-refractivity contribution is 0.326. The summed E-state index contributed by atoms with van der Waals surface area (Å²) in [5, 5.41) is 3.23. The molecule has 0 spiro atoms. The SMILES string of the molecule is CCN(CCNC(N)=NCC1CCC1)c1ccccc1C. The summed E-state index contributed by atoms with van der Waals surface area (Å²) in [6, 6.07) is 8.50. The Morgan fingerprint density at radius 1 is 1.38 bits per heavy atom. The summed E-state index contributed by atoms with van der Waals surface area (Å²) in [7, 11) is 0. The van der Waals surface area contributed by atoms with Gasteiger partial charge in [-0.25, -0.2) is 0 Å². The van der Waals surface area contributed by atoms with E-state index >= 15 is 0 Å². The van der Waals surface area contributed by atoms with Gasteiger partial charge in [-0.05, 0) is 44.2 Å². The van der Waals surface area contributed by atoms with E-state index in [1.165, 1.54) is 30.5 Å². The van der Waals surface area contributed by atoms with Crippen molar-refractivity contribution in [2.24, 2.45) is 16.6 Å². The summed E-state index contributed by atoms with van der Waals surface area (Å²) in [6.07, 6.45) is 3.98. The lowest BCUT2D eigenvalue weighted by atomic mass is 9.86. The number of para-hydroxylation sites is 1. The number of nitrogens with two attached hydrogens (primary N) is 1. The highest BCUT2D eigenvalue weighted by Crippen LogP contribution is 2.26. The molecule has 4 nitrogen and oxygen atoms in total. The van der Waals surface area contributed by atoms with Gasteiger partial charge in [0, 0.05) is 31.9 Å². The van der Waals surface area contributed by atoms with Crippen LogP contribution < -0.4 is 16.0 Å². The van der Waals surface area contributed by atoms with Crippen LogP contribution in [0.3, 0.4) is 0 Å². The number of anilines is 1. The molecule has 1 fully saturated rings. The van der Waals surface area contributed by atoms with Gasteiger partial charge >= 0.3 is 0 Å². The van der Waals surface area contributed by atoms with Gasteiger partial charge in [0.1, 0.15) is 0 Å². The smallest absolute Gasteiger partial charge is 0.188 e. The van der Waals surface area contributed by atoms with E-state index in [0.29, 0.717) is 5.96 Å². The number of aliphatic imine (C=N–C) groups is 1. The number of likely N-dealkylation sites (N-methyl/N-ethyl adjacent to an activating group) is 1. The van der Waals surface area contributed by atoms with Crippen molar-refractivity contribution in [1.29, 1.82) is 0 Å². The van der Waals surface area contributed by atoms with Gasteiger partial charge in [0.2, 0.25) is 0 Å². The lowest BCUT2D eigenvalue weighted by Gasteiger charge is -2.25. The Balaban J connectivity index is 1.76. The molecule has 0 bridgehead atoms. The fraction of sp³-hybridized carbons (Fsp3) is 0.588. The van der Waals surface area contributed by atoms with E-state index in [9.17, 15) is 0 Å². The number of aryl methyl sites for hydroxylation is 1. The van der Waals surface area contributed by atoms with E-state index in [-0.39, 0.29) is 0 Å². The summed E-state index contributed by atoms with van der Waals surface area (Å²) in [5.74, 6) is 1.35. The van der Waals surface area contributed by atoms with Crippen molar-refractivity contribution in [1.82, 2.24) is 5.32 Å². The first-order valence-electron chi connectivity index (χ1n) is 8.05. The second-order valence-corrected chi connectivity index (χ2v) is 5.82. The zero-order chi connectivity index (χ0) is 15.1. The van der Waals surface area contributed by atoms with Crippen molar-refractivity contribution in [3.8, 4) is 0 Å². The molecule has 1 aliphatic rings. The predicted molar refractivity (Wildman–Crippen MR) is 90.9 cm³/mol. The van der Waals surface area contributed by atoms with Crippen LogP contribution in [0, 0.1) is 12.8 Å². The van der Waals surface area contributed by atoms with Crippen LogP contribution in [0.15, 0.2) is 29.3 Å². The van der Waals surface area contributed by atoms with E-state index in [4.69, 9.17) is 5.73 Å². The molecule has 0 heterocycles. The van der Waals surface area contributed by atoms with Crippen molar-refractivity contribution in [3.05, 3.63) is 29.8 Å². The van der Waals surface area contributed by atoms with Gasteiger partial charge in [-0.1, -0.05) is 24.6 Å². The van der Waals surface area contributed by atoms with Crippen molar-refractivity contribution in [2.45, 2.75) is 33.1 Å². The predicted octanol–water partition coefficient (Wildman–Crippen LogP) is 2.53. The van der Waals surface area contributed by atoms with Crippen LogP contribution in [0.5, 0.6) is 0 Å². The molecule has 0 radical (unpaired) electrons. The van der Waals surface area contributed by atoms with Gasteiger partial charge in [0.05, 0.1) is 0 Å². The van der Waals surface area contributed by atoms with Crippen molar-refractivity contribution in [2.75, 3.05) is 31.1 Å². The number of nitrogens with zero attached hydrogens (tertiary/aromatic N) is 2. The summed E-state index contributed by atoms with van der Waals surface area (Å²) in [5.41, 5.74) is 8.53. The Morgan fingerprint density at radius 2 is 2.14 bits per heavy atom. The Morgan fingerprint density at radius 3 is 2.76 bits per heavy atom. The highest BCUT2D eigenvalue weighted by atomic mass is 15.2. The summed E-state index contributed by atoms with van der Waals surface area (Å²) in [6.45, 7) is 7.96. The minimum absolute atomic E-state index is 0.586. The molecule has 0 unspecified atom stereocenters. The van der Waals surface area contributed by atoms with E-state index in [0.717, 1.165) is 32.1 Å². The normalized spacial score (nSPS) is 15.6. The number of nitrogens with one attached hydrogen (secondary N) is 1. The summed E-state index contributed by atoms with van der Waals surface area (Å²) >= 11 is 0. The van der Waals surface area contributed by atoms with Crippen LogP contribution in [0.2, 0.25) is 0 Å². The number of benzene rings is 1. The van der Waals surface area contributed by atoms with Crippen molar-refractivity contribution < 1.29 is 0 Å². The average Bonchev–Trinajstić information content (AvgIpc) is 2.43. The molecule has 2 rings (SSSR count). The van der Waals surface area contributed by atoms with Crippen LogP contribution in [-0.4, -0.2) is 32.1 Å². The Kier molecular flexibility index (Phi) is 5.90. The molecule has 1 aliphatic carbocycles. The molecular formula is C17H28N4. The molecule has 116 valence electrons. The minimum Gasteiger partial charge on any atom is -0.370 e. The number of hydrogen-bond donors (Lipinski definition) is 2. The van der Waals surface area contributed by atoms with Gasteiger partial charge in [0.25, 0.3) is 0 Å². The monoisotopic (exact) mass is 288 g/mol. The maximum atomic E-state index is 5.92. The Bertz CT molecular complexity index is 466. The second kappa shape index (κ2) is 7.91. The van der Waals surface area contributed by atoms with Gasteiger partial charge < -0.3 is 16.0 Å². The summed E-state index contributed by atoms with van der Waals surface area (Å²) < 4.78 is 0. The third-order valence-electron chi connectivity index (χ3n) is 4.27. The van der Waals surface area contributed by atoms with Gasteiger partial charge in [0.15, 0.2) is 5.96 Å². The first-order valence-corrected chi connectivity index (χ1v) is 8.05. The second-order valence-electron chi connectivity index (χ2n) is 5.82. The third-order valence-corrected chi connectivity index (χ3v) is 4.27. The zero-order valence-electron chi connectivity index (χ0n) is 13.3. The van der Waals surface area contributed by atoms with E-state index in [2.05, 4.69) is 53.3 Å². The molecule has 21 heavy (non-hydrogen) atoms. The highest BCUT2D eigenvalue weighted by Gasteiger charge is 2.16. The number of rotatable bonds is 7. The van der Waals surface area contributed by atoms with Gasteiger partial charge in [-0.2, -0.15) is 0 Å². The molecule has 0 aliphatic heterocycles. The van der Waals surface area contributed by atoms with E-state index in [1.807, 2.05) is 0 Å². The number of guanidine groups is 1. The molecule has 0 amide bonds.